The van der Waals surface area contributed by atoms with Crippen LogP contribution in [0.4, 0.5) is 0 Å². The summed E-state index contributed by atoms with van der Waals surface area (Å²) in [6.45, 7) is 4.76. The summed E-state index contributed by atoms with van der Waals surface area (Å²) in [6, 6.07) is 3.81. The molecule has 1 rings (SSSR count). The van der Waals surface area contributed by atoms with E-state index in [1.165, 1.54) is 9.75 Å². The van der Waals surface area contributed by atoms with Gasteiger partial charge in [0.1, 0.15) is 0 Å². The molecule has 1 aromatic rings. The number of aryl methyl sites for hydroxylation is 1. The predicted molar refractivity (Wildman–Crippen MR) is 68.4 cm³/mol. The van der Waals surface area contributed by atoms with Crippen molar-refractivity contribution in [1.82, 2.24) is 5.32 Å². The highest BCUT2D eigenvalue weighted by Crippen LogP contribution is 2.16. The van der Waals surface area contributed by atoms with E-state index >= 15 is 0 Å². The van der Waals surface area contributed by atoms with E-state index in [0.717, 1.165) is 19.3 Å². The molecule has 0 aliphatic rings. The standard InChI is InChI=1S/C12H20N2OS/c1-3-5-11(13)12(15)14-8-10-7-6-9(4-2)16-10/h6-7,11H,3-5,8,13H2,1-2H3,(H,14,15)/t11-/m1/s1. The van der Waals surface area contributed by atoms with Crippen LogP contribution in [0, 0.1) is 0 Å². The molecule has 16 heavy (non-hydrogen) atoms. The van der Waals surface area contributed by atoms with Gasteiger partial charge in [0.05, 0.1) is 12.6 Å². The fourth-order valence-electron chi connectivity index (χ4n) is 1.45. The largest absolute Gasteiger partial charge is 0.350 e. The van der Waals surface area contributed by atoms with Crippen molar-refractivity contribution in [2.75, 3.05) is 0 Å². The number of carbonyl (C=O) groups excluding carboxylic acids is 1. The van der Waals surface area contributed by atoms with Crippen LogP contribution in [0.25, 0.3) is 0 Å². The molecule has 0 aliphatic heterocycles. The van der Waals surface area contributed by atoms with Gasteiger partial charge in [-0.3, -0.25) is 4.79 Å². The zero-order chi connectivity index (χ0) is 12.0. The van der Waals surface area contributed by atoms with E-state index in [9.17, 15) is 4.79 Å². The summed E-state index contributed by atoms with van der Waals surface area (Å²) < 4.78 is 0. The second-order valence-corrected chi connectivity index (χ2v) is 5.09. The summed E-state index contributed by atoms with van der Waals surface area (Å²) in [5, 5.41) is 2.87. The molecule has 0 radical (unpaired) electrons. The zero-order valence-electron chi connectivity index (χ0n) is 9.95. The normalized spacial score (nSPS) is 12.4. The maximum absolute atomic E-state index is 11.6. The third-order valence-corrected chi connectivity index (χ3v) is 3.67. The van der Waals surface area contributed by atoms with Gasteiger partial charge in [-0.15, -0.1) is 11.3 Å². The van der Waals surface area contributed by atoms with Crippen molar-refractivity contribution in [3.8, 4) is 0 Å². The Morgan fingerprint density at radius 3 is 2.69 bits per heavy atom. The lowest BCUT2D eigenvalue weighted by Crippen LogP contribution is -2.39. The van der Waals surface area contributed by atoms with Gasteiger partial charge < -0.3 is 11.1 Å². The Morgan fingerprint density at radius 2 is 2.12 bits per heavy atom. The van der Waals surface area contributed by atoms with E-state index < -0.39 is 0 Å². The number of nitrogens with two attached hydrogens (primary N) is 1. The van der Waals surface area contributed by atoms with E-state index in [4.69, 9.17) is 5.73 Å². The topological polar surface area (TPSA) is 55.1 Å². The molecule has 3 N–H and O–H groups in total. The van der Waals surface area contributed by atoms with Crippen LogP contribution in [-0.4, -0.2) is 11.9 Å². The van der Waals surface area contributed by atoms with Crippen molar-refractivity contribution in [2.24, 2.45) is 5.73 Å². The first-order valence-corrected chi connectivity index (χ1v) is 6.59. The number of nitrogens with one attached hydrogen (secondary N) is 1. The first kappa shape index (κ1) is 13.2. The maximum atomic E-state index is 11.6. The SMILES string of the molecule is CCC[C@@H](N)C(=O)NCc1ccc(CC)s1. The molecule has 1 amide bonds. The van der Waals surface area contributed by atoms with Gasteiger partial charge in [-0.1, -0.05) is 20.3 Å². The Hall–Kier alpha value is -0.870. The molecule has 1 aromatic heterocycles. The van der Waals surface area contributed by atoms with Crippen molar-refractivity contribution in [1.29, 1.82) is 0 Å². The number of rotatable bonds is 6. The summed E-state index contributed by atoms with van der Waals surface area (Å²) in [7, 11) is 0. The van der Waals surface area contributed by atoms with Crippen LogP contribution in [0.15, 0.2) is 12.1 Å². The van der Waals surface area contributed by atoms with Crippen LogP contribution in [0.2, 0.25) is 0 Å². The highest BCUT2D eigenvalue weighted by atomic mass is 32.1. The minimum absolute atomic E-state index is 0.0479. The molecule has 1 heterocycles. The Morgan fingerprint density at radius 1 is 1.44 bits per heavy atom. The Bertz CT molecular complexity index is 336. The van der Waals surface area contributed by atoms with Gasteiger partial charge in [-0.25, -0.2) is 0 Å². The fraction of sp³-hybridized carbons (Fsp3) is 0.583. The first-order chi connectivity index (χ1) is 7.67. The minimum atomic E-state index is -0.365. The van der Waals surface area contributed by atoms with Gasteiger partial charge in [0.15, 0.2) is 0 Å². The van der Waals surface area contributed by atoms with Gasteiger partial charge in [0, 0.05) is 9.75 Å². The quantitative estimate of drug-likeness (QED) is 0.799. The van der Waals surface area contributed by atoms with Gasteiger partial charge in [0.25, 0.3) is 0 Å². The van der Waals surface area contributed by atoms with Crippen LogP contribution >= 0.6 is 11.3 Å². The van der Waals surface area contributed by atoms with Crippen LogP contribution in [0.1, 0.15) is 36.4 Å². The second-order valence-electron chi connectivity index (χ2n) is 3.83. The molecule has 0 unspecified atom stereocenters. The molecule has 0 aromatic carbocycles. The average Bonchev–Trinajstić information content (AvgIpc) is 2.74. The highest BCUT2D eigenvalue weighted by molar-refractivity contribution is 7.11. The van der Waals surface area contributed by atoms with E-state index in [-0.39, 0.29) is 11.9 Å². The van der Waals surface area contributed by atoms with E-state index in [0.29, 0.717) is 6.54 Å². The van der Waals surface area contributed by atoms with Crippen molar-refractivity contribution in [2.45, 2.75) is 45.7 Å². The number of thiophene rings is 1. The monoisotopic (exact) mass is 240 g/mol. The molecular formula is C12H20N2OS. The van der Waals surface area contributed by atoms with Crippen molar-refractivity contribution in [3.05, 3.63) is 21.9 Å². The van der Waals surface area contributed by atoms with Gasteiger partial charge >= 0.3 is 0 Å². The Kier molecular flexibility index (Phi) is 5.49. The lowest BCUT2D eigenvalue weighted by atomic mass is 10.2. The van der Waals surface area contributed by atoms with Gasteiger partial charge in [0.2, 0.25) is 5.91 Å². The number of amides is 1. The maximum Gasteiger partial charge on any atom is 0.237 e. The second kappa shape index (κ2) is 6.66. The molecule has 0 fully saturated rings. The summed E-state index contributed by atoms with van der Waals surface area (Å²) in [6.07, 6.45) is 2.73. The van der Waals surface area contributed by atoms with Crippen molar-refractivity contribution in [3.63, 3.8) is 0 Å². The average molecular weight is 240 g/mol. The molecule has 90 valence electrons. The smallest absolute Gasteiger partial charge is 0.237 e. The molecule has 1 atom stereocenters. The first-order valence-electron chi connectivity index (χ1n) is 5.78. The van der Waals surface area contributed by atoms with E-state index in [1.807, 2.05) is 6.92 Å². The minimum Gasteiger partial charge on any atom is -0.350 e. The number of hydrogen-bond donors (Lipinski definition) is 2. The summed E-state index contributed by atoms with van der Waals surface area (Å²) in [5.41, 5.74) is 5.71. The molecule has 0 saturated carbocycles. The van der Waals surface area contributed by atoms with Gasteiger partial charge in [-0.05, 0) is 25.0 Å². The Balaban J connectivity index is 2.36. The third kappa shape index (κ3) is 3.94. The summed E-state index contributed by atoms with van der Waals surface area (Å²) in [4.78, 5) is 14.1. The molecule has 0 spiro atoms. The predicted octanol–water partition coefficient (Wildman–Crippen LogP) is 2.05. The fourth-order valence-corrected chi connectivity index (χ4v) is 2.35. The molecule has 0 saturated heterocycles. The molecule has 3 nitrogen and oxygen atoms in total. The Labute approximate surface area is 101 Å². The van der Waals surface area contributed by atoms with E-state index in [1.54, 1.807) is 11.3 Å². The van der Waals surface area contributed by atoms with Crippen LogP contribution in [-0.2, 0) is 17.8 Å². The van der Waals surface area contributed by atoms with E-state index in [2.05, 4.69) is 24.4 Å². The summed E-state index contributed by atoms with van der Waals surface area (Å²) in [5.74, 6) is -0.0479. The lowest BCUT2D eigenvalue weighted by Gasteiger charge is -2.10. The molecule has 4 heteroatoms. The van der Waals surface area contributed by atoms with Crippen LogP contribution in [0.3, 0.4) is 0 Å². The zero-order valence-corrected chi connectivity index (χ0v) is 10.8. The van der Waals surface area contributed by atoms with Crippen LogP contribution in [0.5, 0.6) is 0 Å². The number of hydrogen-bond acceptors (Lipinski definition) is 3. The highest BCUT2D eigenvalue weighted by Gasteiger charge is 2.11. The van der Waals surface area contributed by atoms with Gasteiger partial charge in [-0.2, -0.15) is 0 Å². The van der Waals surface area contributed by atoms with Crippen molar-refractivity contribution >= 4 is 17.2 Å². The van der Waals surface area contributed by atoms with Crippen LogP contribution < -0.4 is 11.1 Å². The van der Waals surface area contributed by atoms with Crippen molar-refractivity contribution < 1.29 is 4.79 Å². The summed E-state index contributed by atoms with van der Waals surface area (Å²) >= 11 is 1.74. The number of carbonyl (C=O) groups is 1. The molecule has 0 aliphatic carbocycles. The lowest BCUT2D eigenvalue weighted by molar-refractivity contribution is -0.122. The molecular weight excluding hydrogens is 220 g/mol. The third-order valence-electron chi connectivity index (χ3n) is 2.44. The molecule has 0 bridgehead atoms.